The summed E-state index contributed by atoms with van der Waals surface area (Å²) in [4.78, 5) is 11.4. The molecule has 0 radical (unpaired) electrons. The first-order chi connectivity index (χ1) is 7.58. The number of rotatable bonds is 4. The second-order valence-corrected chi connectivity index (χ2v) is 3.66. The van der Waals surface area contributed by atoms with E-state index in [9.17, 15) is 9.90 Å². The molecule has 0 heterocycles. The summed E-state index contributed by atoms with van der Waals surface area (Å²) in [5, 5.41) is 18.5. The molecule has 0 aliphatic heterocycles. The third-order valence-corrected chi connectivity index (χ3v) is 2.55. The molecular weight excluding hydrogens is 208 g/mol. The third kappa shape index (κ3) is 2.89. The van der Waals surface area contributed by atoms with E-state index in [-0.39, 0.29) is 23.4 Å². The number of carbonyl (C=O) groups is 1. The van der Waals surface area contributed by atoms with Crippen LogP contribution in [0.2, 0.25) is 0 Å². The van der Waals surface area contributed by atoms with Gasteiger partial charge in [0.1, 0.15) is 0 Å². The zero-order valence-corrected chi connectivity index (χ0v) is 9.43. The van der Waals surface area contributed by atoms with Gasteiger partial charge >= 0.3 is 5.97 Å². The highest BCUT2D eigenvalue weighted by Gasteiger charge is 2.17. The van der Waals surface area contributed by atoms with E-state index >= 15 is 0 Å². The SMILES string of the molecule is CCC(Cc1ccc(O)c(O)c1)C(=O)OC. The smallest absolute Gasteiger partial charge is 0.308 e. The van der Waals surface area contributed by atoms with Crippen molar-refractivity contribution in [1.82, 2.24) is 0 Å². The van der Waals surface area contributed by atoms with Crippen molar-refractivity contribution in [2.24, 2.45) is 5.92 Å². The summed E-state index contributed by atoms with van der Waals surface area (Å²) in [5.41, 5.74) is 0.799. The highest BCUT2D eigenvalue weighted by atomic mass is 16.5. The Bertz CT molecular complexity index is 373. The fraction of sp³-hybridized carbons (Fsp3) is 0.417. The zero-order chi connectivity index (χ0) is 12.1. The molecule has 0 aliphatic rings. The van der Waals surface area contributed by atoms with Gasteiger partial charge in [-0.15, -0.1) is 0 Å². The Hall–Kier alpha value is -1.71. The van der Waals surface area contributed by atoms with Gasteiger partial charge in [-0.3, -0.25) is 4.79 Å². The first kappa shape index (κ1) is 12.4. The summed E-state index contributed by atoms with van der Waals surface area (Å²) in [5.74, 6) is -0.795. The predicted molar refractivity (Wildman–Crippen MR) is 59.3 cm³/mol. The average molecular weight is 224 g/mol. The number of esters is 1. The highest BCUT2D eigenvalue weighted by molar-refractivity contribution is 5.72. The van der Waals surface area contributed by atoms with Crippen LogP contribution in [0.5, 0.6) is 11.5 Å². The quantitative estimate of drug-likeness (QED) is 0.605. The molecule has 1 unspecified atom stereocenters. The van der Waals surface area contributed by atoms with Gasteiger partial charge in [-0.1, -0.05) is 13.0 Å². The summed E-state index contributed by atoms with van der Waals surface area (Å²) in [6, 6.07) is 4.55. The van der Waals surface area contributed by atoms with Crippen LogP contribution < -0.4 is 0 Å². The van der Waals surface area contributed by atoms with E-state index in [1.807, 2.05) is 6.92 Å². The number of benzene rings is 1. The van der Waals surface area contributed by atoms with Crippen LogP contribution in [0.4, 0.5) is 0 Å². The van der Waals surface area contributed by atoms with E-state index < -0.39 is 0 Å². The van der Waals surface area contributed by atoms with Crippen LogP contribution in [0.1, 0.15) is 18.9 Å². The van der Waals surface area contributed by atoms with Gasteiger partial charge < -0.3 is 14.9 Å². The first-order valence-corrected chi connectivity index (χ1v) is 5.17. The van der Waals surface area contributed by atoms with Gasteiger partial charge in [0.2, 0.25) is 0 Å². The van der Waals surface area contributed by atoms with Crippen LogP contribution in [0.3, 0.4) is 0 Å². The van der Waals surface area contributed by atoms with Crippen molar-refractivity contribution < 1.29 is 19.7 Å². The molecule has 16 heavy (non-hydrogen) atoms. The zero-order valence-electron chi connectivity index (χ0n) is 9.43. The Labute approximate surface area is 94.5 Å². The average Bonchev–Trinajstić information content (AvgIpc) is 2.29. The van der Waals surface area contributed by atoms with Crippen LogP contribution in [-0.4, -0.2) is 23.3 Å². The van der Waals surface area contributed by atoms with Gasteiger partial charge in [0.15, 0.2) is 11.5 Å². The Morgan fingerprint density at radius 3 is 2.56 bits per heavy atom. The molecule has 88 valence electrons. The Morgan fingerprint density at radius 2 is 2.06 bits per heavy atom. The molecule has 4 heteroatoms. The molecule has 0 saturated carbocycles. The Morgan fingerprint density at radius 1 is 1.38 bits per heavy atom. The van der Waals surface area contributed by atoms with Crippen molar-refractivity contribution in [2.45, 2.75) is 19.8 Å². The van der Waals surface area contributed by atoms with Crippen LogP contribution >= 0.6 is 0 Å². The number of hydrogen-bond acceptors (Lipinski definition) is 4. The third-order valence-electron chi connectivity index (χ3n) is 2.55. The van der Waals surface area contributed by atoms with E-state index in [4.69, 9.17) is 5.11 Å². The van der Waals surface area contributed by atoms with Gasteiger partial charge in [0.05, 0.1) is 13.0 Å². The molecule has 1 aromatic rings. The summed E-state index contributed by atoms with van der Waals surface area (Å²) < 4.78 is 4.68. The molecule has 4 nitrogen and oxygen atoms in total. The Kier molecular flexibility index (Phi) is 4.17. The van der Waals surface area contributed by atoms with Crippen LogP contribution in [-0.2, 0) is 16.0 Å². The number of methoxy groups -OCH3 is 1. The molecule has 0 fully saturated rings. The lowest BCUT2D eigenvalue weighted by atomic mass is 9.97. The Balaban J connectivity index is 2.78. The number of phenols is 2. The monoisotopic (exact) mass is 224 g/mol. The lowest BCUT2D eigenvalue weighted by Gasteiger charge is -2.12. The molecule has 0 amide bonds. The fourth-order valence-electron chi connectivity index (χ4n) is 1.54. The largest absolute Gasteiger partial charge is 0.504 e. The maximum atomic E-state index is 11.4. The van der Waals surface area contributed by atoms with Crippen LogP contribution in [0, 0.1) is 5.92 Å². The van der Waals surface area contributed by atoms with Crippen molar-refractivity contribution >= 4 is 5.97 Å². The molecule has 0 saturated heterocycles. The molecule has 0 aliphatic carbocycles. The minimum atomic E-state index is -0.255. The number of carbonyl (C=O) groups excluding carboxylic acids is 1. The van der Waals surface area contributed by atoms with Crippen molar-refractivity contribution in [3.63, 3.8) is 0 Å². The summed E-state index contributed by atoms with van der Waals surface area (Å²) in [6.45, 7) is 1.90. The summed E-state index contributed by atoms with van der Waals surface area (Å²) in [7, 11) is 1.36. The van der Waals surface area contributed by atoms with Gasteiger partial charge in [0.25, 0.3) is 0 Å². The van der Waals surface area contributed by atoms with Crippen molar-refractivity contribution in [3.8, 4) is 11.5 Å². The van der Waals surface area contributed by atoms with Gasteiger partial charge in [-0.05, 0) is 30.5 Å². The molecule has 0 aromatic heterocycles. The summed E-state index contributed by atoms with van der Waals surface area (Å²) >= 11 is 0. The molecular formula is C12H16O4. The minimum absolute atomic E-state index is 0.158. The lowest BCUT2D eigenvalue weighted by Crippen LogP contribution is -2.17. The van der Waals surface area contributed by atoms with E-state index in [1.165, 1.54) is 19.2 Å². The van der Waals surface area contributed by atoms with Gasteiger partial charge in [-0.25, -0.2) is 0 Å². The molecule has 1 atom stereocenters. The second kappa shape index (κ2) is 5.39. The highest BCUT2D eigenvalue weighted by Crippen LogP contribution is 2.26. The molecule has 2 N–H and O–H groups in total. The van der Waals surface area contributed by atoms with Crippen LogP contribution in [0.25, 0.3) is 0 Å². The molecule has 0 bridgehead atoms. The van der Waals surface area contributed by atoms with Crippen molar-refractivity contribution in [3.05, 3.63) is 23.8 Å². The van der Waals surface area contributed by atoms with E-state index in [0.29, 0.717) is 12.8 Å². The molecule has 1 rings (SSSR count). The minimum Gasteiger partial charge on any atom is -0.504 e. The van der Waals surface area contributed by atoms with Gasteiger partial charge in [0, 0.05) is 0 Å². The maximum absolute atomic E-state index is 11.4. The number of ether oxygens (including phenoxy) is 1. The number of aromatic hydroxyl groups is 2. The summed E-state index contributed by atoms with van der Waals surface area (Å²) in [6.07, 6.45) is 1.17. The van der Waals surface area contributed by atoms with E-state index in [1.54, 1.807) is 6.07 Å². The van der Waals surface area contributed by atoms with Crippen molar-refractivity contribution in [1.29, 1.82) is 0 Å². The topological polar surface area (TPSA) is 66.8 Å². The predicted octanol–water partition coefficient (Wildman–Crippen LogP) is 1.84. The second-order valence-electron chi connectivity index (χ2n) is 3.66. The van der Waals surface area contributed by atoms with Gasteiger partial charge in [-0.2, -0.15) is 0 Å². The van der Waals surface area contributed by atoms with Crippen LogP contribution in [0.15, 0.2) is 18.2 Å². The molecule has 0 spiro atoms. The fourth-order valence-corrected chi connectivity index (χ4v) is 1.54. The first-order valence-electron chi connectivity index (χ1n) is 5.17. The standard InChI is InChI=1S/C12H16O4/c1-3-9(12(15)16-2)6-8-4-5-10(13)11(14)7-8/h4-5,7,9,13-14H,3,6H2,1-2H3. The number of hydrogen-bond donors (Lipinski definition) is 2. The molecule has 1 aromatic carbocycles. The van der Waals surface area contributed by atoms with E-state index in [0.717, 1.165) is 5.56 Å². The normalized spacial score (nSPS) is 12.1. The van der Waals surface area contributed by atoms with E-state index in [2.05, 4.69) is 4.74 Å². The number of phenolic OH excluding ortho intramolecular Hbond substituents is 2. The maximum Gasteiger partial charge on any atom is 0.308 e. The lowest BCUT2D eigenvalue weighted by molar-refractivity contribution is -0.145. The van der Waals surface area contributed by atoms with Crippen molar-refractivity contribution in [2.75, 3.05) is 7.11 Å².